The molecule has 0 aromatic carbocycles. The van der Waals surface area contributed by atoms with Gasteiger partial charge in [-0.15, -0.1) is 0 Å². The first-order chi connectivity index (χ1) is 5.83. The van der Waals surface area contributed by atoms with Gasteiger partial charge in [-0.2, -0.15) is 0 Å². The van der Waals surface area contributed by atoms with E-state index in [2.05, 4.69) is 24.9 Å². The number of allylic oxidation sites excluding steroid dienone is 1. The molecule has 0 unspecified atom stereocenters. The quantitative estimate of drug-likeness (QED) is 0.641. The molecule has 0 bridgehead atoms. The molecule has 1 rings (SSSR count). The van der Waals surface area contributed by atoms with Gasteiger partial charge < -0.3 is 9.64 Å². The minimum atomic E-state index is 0.885. The lowest BCUT2D eigenvalue weighted by Gasteiger charge is -2.25. The predicted octanol–water partition coefficient (Wildman–Crippen LogP) is 2.02. The summed E-state index contributed by atoms with van der Waals surface area (Å²) in [5.41, 5.74) is 1.49. The fraction of sp³-hybridized carbons (Fsp3) is 0.800. The highest BCUT2D eigenvalue weighted by Gasteiger charge is 2.05. The molecule has 1 aliphatic heterocycles. The lowest BCUT2D eigenvalue weighted by Crippen LogP contribution is -2.32. The second-order valence-electron chi connectivity index (χ2n) is 3.37. The number of hydrogen-bond acceptors (Lipinski definition) is 2. The molecule has 2 nitrogen and oxygen atoms in total. The number of morpholine rings is 1. The van der Waals surface area contributed by atoms with Crippen molar-refractivity contribution >= 4 is 0 Å². The van der Waals surface area contributed by atoms with Crippen LogP contribution in [0.5, 0.6) is 0 Å². The third-order valence-electron chi connectivity index (χ3n) is 2.09. The van der Waals surface area contributed by atoms with Gasteiger partial charge in [-0.25, -0.2) is 0 Å². The van der Waals surface area contributed by atoms with Gasteiger partial charge in [0.2, 0.25) is 0 Å². The van der Waals surface area contributed by atoms with Gasteiger partial charge in [0.25, 0.3) is 0 Å². The topological polar surface area (TPSA) is 12.5 Å². The molecule has 1 aliphatic rings. The monoisotopic (exact) mass is 169 g/mol. The third-order valence-corrected chi connectivity index (χ3v) is 2.09. The van der Waals surface area contributed by atoms with Gasteiger partial charge in [-0.05, 0) is 19.5 Å². The van der Waals surface area contributed by atoms with Crippen molar-refractivity contribution in [3.63, 3.8) is 0 Å². The van der Waals surface area contributed by atoms with Crippen LogP contribution >= 0.6 is 0 Å². The SMILES string of the molecule is CCC/C(C)=C/N1CCOCC1. The zero-order valence-electron chi connectivity index (χ0n) is 8.18. The molecule has 0 N–H and O–H groups in total. The lowest BCUT2D eigenvalue weighted by molar-refractivity contribution is 0.0589. The van der Waals surface area contributed by atoms with Gasteiger partial charge in [0, 0.05) is 13.1 Å². The van der Waals surface area contributed by atoms with Gasteiger partial charge in [-0.1, -0.05) is 18.9 Å². The molecule has 70 valence electrons. The predicted molar refractivity (Wildman–Crippen MR) is 51.1 cm³/mol. The normalized spacial score (nSPS) is 19.8. The number of nitrogens with zero attached hydrogens (tertiary/aromatic N) is 1. The van der Waals surface area contributed by atoms with Crippen molar-refractivity contribution in [2.24, 2.45) is 0 Å². The Bertz CT molecular complexity index is 148. The van der Waals surface area contributed by atoms with Crippen LogP contribution in [0.3, 0.4) is 0 Å². The molecule has 1 heterocycles. The maximum absolute atomic E-state index is 5.27. The molecule has 2 heteroatoms. The van der Waals surface area contributed by atoms with Crippen molar-refractivity contribution in [1.82, 2.24) is 4.90 Å². The minimum Gasteiger partial charge on any atom is -0.378 e. The smallest absolute Gasteiger partial charge is 0.0642 e. The van der Waals surface area contributed by atoms with Gasteiger partial charge in [0.15, 0.2) is 0 Å². The van der Waals surface area contributed by atoms with E-state index in [0.717, 1.165) is 26.3 Å². The molecule has 0 aliphatic carbocycles. The summed E-state index contributed by atoms with van der Waals surface area (Å²) >= 11 is 0. The van der Waals surface area contributed by atoms with Crippen molar-refractivity contribution < 1.29 is 4.74 Å². The van der Waals surface area contributed by atoms with Gasteiger partial charge >= 0.3 is 0 Å². The largest absolute Gasteiger partial charge is 0.378 e. The summed E-state index contributed by atoms with van der Waals surface area (Å²) in [6, 6.07) is 0. The molecule has 0 spiro atoms. The molecule has 0 aromatic heterocycles. The Morgan fingerprint density at radius 3 is 2.67 bits per heavy atom. The molecule has 0 amide bonds. The van der Waals surface area contributed by atoms with Gasteiger partial charge in [0.05, 0.1) is 13.2 Å². The molecule has 0 radical (unpaired) electrons. The summed E-state index contributed by atoms with van der Waals surface area (Å²) in [7, 11) is 0. The Labute approximate surface area is 75.2 Å². The minimum absolute atomic E-state index is 0.885. The molecular weight excluding hydrogens is 150 g/mol. The molecule has 1 fully saturated rings. The fourth-order valence-corrected chi connectivity index (χ4v) is 1.48. The Kier molecular flexibility index (Phi) is 4.15. The maximum atomic E-state index is 5.27. The standard InChI is InChI=1S/C10H19NO/c1-3-4-10(2)9-11-5-7-12-8-6-11/h9H,3-8H2,1-2H3/b10-9+. The van der Waals surface area contributed by atoms with E-state index < -0.39 is 0 Å². The highest BCUT2D eigenvalue weighted by atomic mass is 16.5. The summed E-state index contributed by atoms with van der Waals surface area (Å²) in [6.45, 7) is 8.31. The first kappa shape index (κ1) is 9.59. The van der Waals surface area contributed by atoms with Crippen LogP contribution in [0.1, 0.15) is 26.7 Å². The van der Waals surface area contributed by atoms with Gasteiger partial charge in [-0.3, -0.25) is 0 Å². The highest BCUT2D eigenvalue weighted by molar-refractivity contribution is 4.97. The van der Waals surface area contributed by atoms with Crippen LogP contribution in [0.25, 0.3) is 0 Å². The van der Waals surface area contributed by atoms with Crippen molar-refractivity contribution in [2.45, 2.75) is 26.7 Å². The van der Waals surface area contributed by atoms with E-state index in [0.29, 0.717) is 0 Å². The molecule has 1 saturated heterocycles. The average molecular weight is 169 g/mol. The van der Waals surface area contributed by atoms with E-state index in [1.165, 1.54) is 18.4 Å². The van der Waals surface area contributed by atoms with Crippen LogP contribution in [-0.2, 0) is 4.74 Å². The molecule has 12 heavy (non-hydrogen) atoms. The summed E-state index contributed by atoms with van der Waals surface area (Å²) in [5.74, 6) is 0. The third kappa shape index (κ3) is 3.26. The van der Waals surface area contributed by atoms with Gasteiger partial charge in [0.1, 0.15) is 0 Å². The fourth-order valence-electron chi connectivity index (χ4n) is 1.48. The molecule has 0 aromatic rings. The molecule has 0 saturated carbocycles. The Morgan fingerprint density at radius 1 is 1.42 bits per heavy atom. The maximum Gasteiger partial charge on any atom is 0.0642 e. The first-order valence-electron chi connectivity index (χ1n) is 4.82. The van der Waals surface area contributed by atoms with E-state index in [-0.39, 0.29) is 0 Å². The Balaban J connectivity index is 2.31. The van der Waals surface area contributed by atoms with Crippen molar-refractivity contribution in [2.75, 3.05) is 26.3 Å². The zero-order chi connectivity index (χ0) is 8.81. The van der Waals surface area contributed by atoms with Crippen LogP contribution in [0.15, 0.2) is 11.8 Å². The van der Waals surface area contributed by atoms with E-state index >= 15 is 0 Å². The highest BCUT2D eigenvalue weighted by Crippen LogP contribution is 2.06. The van der Waals surface area contributed by atoms with Crippen LogP contribution in [0.2, 0.25) is 0 Å². The second kappa shape index (κ2) is 5.20. The summed E-state index contributed by atoms with van der Waals surface area (Å²) in [6.07, 6.45) is 4.75. The van der Waals surface area contributed by atoms with E-state index in [4.69, 9.17) is 4.74 Å². The first-order valence-corrected chi connectivity index (χ1v) is 4.82. The number of hydrogen-bond donors (Lipinski definition) is 0. The van der Waals surface area contributed by atoms with E-state index in [1.54, 1.807) is 0 Å². The Morgan fingerprint density at radius 2 is 2.08 bits per heavy atom. The van der Waals surface area contributed by atoms with Crippen LogP contribution in [-0.4, -0.2) is 31.2 Å². The Hall–Kier alpha value is -0.500. The van der Waals surface area contributed by atoms with Crippen molar-refractivity contribution in [3.8, 4) is 0 Å². The average Bonchev–Trinajstić information content (AvgIpc) is 2.06. The summed E-state index contributed by atoms with van der Waals surface area (Å²) < 4.78 is 5.27. The summed E-state index contributed by atoms with van der Waals surface area (Å²) in [5, 5.41) is 0. The van der Waals surface area contributed by atoms with Crippen LogP contribution in [0.4, 0.5) is 0 Å². The number of rotatable bonds is 3. The number of ether oxygens (including phenoxy) is 1. The molecular formula is C10H19NO. The lowest BCUT2D eigenvalue weighted by atomic mass is 10.2. The summed E-state index contributed by atoms with van der Waals surface area (Å²) in [4.78, 5) is 2.36. The van der Waals surface area contributed by atoms with Crippen molar-refractivity contribution in [1.29, 1.82) is 0 Å². The molecule has 0 atom stereocenters. The zero-order valence-corrected chi connectivity index (χ0v) is 8.18. The van der Waals surface area contributed by atoms with Crippen LogP contribution < -0.4 is 0 Å². The van der Waals surface area contributed by atoms with Crippen LogP contribution in [0, 0.1) is 0 Å². The second-order valence-corrected chi connectivity index (χ2v) is 3.37. The van der Waals surface area contributed by atoms with Crippen molar-refractivity contribution in [3.05, 3.63) is 11.8 Å². The van der Waals surface area contributed by atoms with E-state index in [9.17, 15) is 0 Å². The van der Waals surface area contributed by atoms with E-state index in [1.807, 2.05) is 0 Å².